The number of nitrogens with one attached hydrogen (secondary N) is 1. The number of rotatable bonds is 6. The summed E-state index contributed by atoms with van der Waals surface area (Å²) in [4.78, 5) is 11.0. The molecule has 1 amide bonds. The largest absolute Gasteiger partial charge is 0.497 e. The van der Waals surface area contributed by atoms with E-state index in [2.05, 4.69) is 17.9 Å². The molecule has 17 heavy (non-hydrogen) atoms. The van der Waals surface area contributed by atoms with E-state index >= 15 is 0 Å². The highest BCUT2D eigenvalue weighted by molar-refractivity contribution is 7.81. The van der Waals surface area contributed by atoms with Crippen LogP contribution in [0.5, 0.6) is 11.5 Å². The summed E-state index contributed by atoms with van der Waals surface area (Å²) < 4.78 is 10.4. The number of ether oxygens (including phenoxy) is 2. The maximum Gasteiger partial charge on any atom is 0.229 e. The summed E-state index contributed by atoms with van der Waals surface area (Å²) in [6.07, 6.45) is 0.694. The lowest BCUT2D eigenvalue weighted by Crippen LogP contribution is -2.26. The van der Waals surface area contributed by atoms with Crippen molar-refractivity contribution >= 4 is 18.5 Å². The van der Waals surface area contributed by atoms with Crippen LogP contribution in [0.2, 0.25) is 0 Å². The van der Waals surface area contributed by atoms with E-state index in [9.17, 15) is 4.79 Å². The molecule has 1 rings (SSSR count). The van der Waals surface area contributed by atoms with Gasteiger partial charge in [-0.25, -0.2) is 0 Å². The number of benzene rings is 1. The Morgan fingerprint density at radius 1 is 1.35 bits per heavy atom. The lowest BCUT2D eigenvalue weighted by molar-refractivity contribution is -0.118. The van der Waals surface area contributed by atoms with E-state index in [1.807, 2.05) is 18.2 Å². The zero-order valence-electron chi connectivity index (χ0n) is 10.0. The van der Waals surface area contributed by atoms with Crippen molar-refractivity contribution in [2.24, 2.45) is 0 Å². The maximum atomic E-state index is 11.0. The molecule has 1 N–H and O–H groups in total. The van der Waals surface area contributed by atoms with E-state index in [4.69, 9.17) is 9.47 Å². The average molecular weight is 255 g/mol. The van der Waals surface area contributed by atoms with Gasteiger partial charge in [0.25, 0.3) is 0 Å². The highest BCUT2D eigenvalue weighted by atomic mass is 32.1. The first-order valence-corrected chi connectivity index (χ1v) is 5.93. The number of hydrogen-bond donors (Lipinski definition) is 2. The molecule has 0 radical (unpaired) electrons. The normalized spacial score (nSPS) is 9.82. The third-order valence-electron chi connectivity index (χ3n) is 2.35. The summed E-state index contributed by atoms with van der Waals surface area (Å²) in [7, 11) is 3.24. The zero-order valence-corrected chi connectivity index (χ0v) is 10.9. The molecule has 0 saturated carbocycles. The van der Waals surface area contributed by atoms with Crippen LogP contribution < -0.4 is 14.8 Å². The third kappa shape index (κ3) is 4.19. The van der Waals surface area contributed by atoms with E-state index in [0.717, 1.165) is 17.1 Å². The van der Waals surface area contributed by atoms with Gasteiger partial charge in [-0.05, 0) is 30.2 Å². The Bertz CT molecular complexity index is 382. The number of carbonyl (C=O) groups is 1. The summed E-state index contributed by atoms with van der Waals surface area (Å²) in [5.74, 6) is 1.71. The standard InChI is InChI=1S/C12H17NO3S/c1-15-10-3-4-11(16-2)9(7-10)5-6-13-12(14)8-17/h3-4,7,17H,5-6,8H2,1-2H3,(H,13,14). The minimum atomic E-state index is -0.0739. The van der Waals surface area contributed by atoms with Gasteiger partial charge in [0.1, 0.15) is 11.5 Å². The average Bonchev–Trinajstić information content (AvgIpc) is 2.38. The minimum absolute atomic E-state index is 0.0739. The van der Waals surface area contributed by atoms with Gasteiger partial charge in [0, 0.05) is 6.54 Å². The predicted octanol–water partition coefficient (Wildman–Crippen LogP) is 1.29. The van der Waals surface area contributed by atoms with Gasteiger partial charge >= 0.3 is 0 Å². The van der Waals surface area contributed by atoms with Crippen LogP contribution in [-0.4, -0.2) is 32.4 Å². The number of amides is 1. The minimum Gasteiger partial charge on any atom is -0.497 e. The fourth-order valence-electron chi connectivity index (χ4n) is 1.47. The van der Waals surface area contributed by atoms with E-state index in [-0.39, 0.29) is 11.7 Å². The van der Waals surface area contributed by atoms with Crippen LogP contribution in [-0.2, 0) is 11.2 Å². The topological polar surface area (TPSA) is 47.6 Å². The lowest BCUT2D eigenvalue weighted by Gasteiger charge is -2.10. The molecule has 0 atom stereocenters. The van der Waals surface area contributed by atoms with Gasteiger partial charge in [-0.3, -0.25) is 4.79 Å². The van der Waals surface area contributed by atoms with Crippen molar-refractivity contribution in [2.45, 2.75) is 6.42 Å². The fraction of sp³-hybridized carbons (Fsp3) is 0.417. The summed E-state index contributed by atoms with van der Waals surface area (Å²) in [5, 5.41) is 2.76. The molecule has 1 aromatic rings. The van der Waals surface area contributed by atoms with Crippen LogP contribution >= 0.6 is 12.6 Å². The molecule has 0 bridgehead atoms. The van der Waals surface area contributed by atoms with E-state index < -0.39 is 0 Å². The molecule has 0 saturated heterocycles. The molecule has 94 valence electrons. The third-order valence-corrected chi connectivity index (χ3v) is 2.63. The van der Waals surface area contributed by atoms with Crippen molar-refractivity contribution < 1.29 is 14.3 Å². The van der Waals surface area contributed by atoms with Gasteiger partial charge < -0.3 is 14.8 Å². The molecule has 0 aliphatic heterocycles. The summed E-state index contributed by atoms with van der Waals surface area (Å²) in [5.41, 5.74) is 1.01. The molecule has 5 heteroatoms. The molecule has 0 heterocycles. The van der Waals surface area contributed by atoms with Crippen LogP contribution in [0.25, 0.3) is 0 Å². The maximum absolute atomic E-state index is 11.0. The van der Waals surface area contributed by atoms with Crippen LogP contribution in [0.1, 0.15) is 5.56 Å². The second kappa shape index (κ2) is 7.06. The molecular formula is C12H17NO3S. The Kier molecular flexibility index (Phi) is 5.69. The van der Waals surface area contributed by atoms with Crippen molar-refractivity contribution in [1.82, 2.24) is 5.32 Å². The van der Waals surface area contributed by atoms with Crippen LogP contribution in [0, 0.1) is 0 Å². The lowest BCUT2D eigenvalue weighted by atomic mass is 10.1. The zero-order chi connectivity index (χ0) is 12.7. The molecule has 4 nitrogen and oxygen atoms in total. The molecule has 0 spiro atoms. The van der Waals surface area contributed by atoms with E-state index in [1.165, 1.54) is 0 Å². The Balaban J connectivity index is 2.64. The van der Waals surface area contributed by atoms with Gasteiger partial charge in [0.2, 0.25) is 5.91 Å². The van der Waals surface area contributed by atoms with E-state index in [1.54, 1.807) is 14.2 Å². The fourth-order valence-corrected chi connectivity index (χ4v) is 1.58. The van der Waals surface area contributed by atoms with Gasteiger partial charge in [-0.2, -0.15) is 12.6 Å². The molecule has 0 unspecified atom stereocenters. The van der Waals surface area contributed by atoms with E-state index in [0.29, 0.717) is 13.0 Å². The number of thiol groups is 1. The van der Waals surface area contributed by atoms with Crippen molar-refractivity contribution in [1.29, 1.82) is 0 Å². The van der Waals surface area contributed by atoms with Crippen LogP contribution in [0.15, 0.2) is 18.2 Å². The smallest absolute Gasteiger partial charge is 0.229 e. The molecular weight excluding hydrogens is 238 g/mol. The predicted molar refractivity (Wildman–Crippen MR) is 70.1 cm³/mol. The van der Waals surface area contributed by atoms with Crippen molar-refractivity contribution in [3.63, 3.8) is 0 Å². The van der Waals surface area contributed by atoms with Gasteiger partial charge in [0.05, 0.1) is 20.0 Å². The first-order chi connectivity index (χ1) is 8.21. The number of methoxy groups -OCH3 is 2. The molecule has 1 aromatic carbocycles. The molecule has 0 aromatic heterocycles. The Hall–Kier alpha value is -1.36. The monoisotopic (exact) mass is 255 g/mol. The summed E-state index contributed by atoms with van der Waals surface area (Å²) >= 11 is 3.89. The second-order valence-electron chi connectivity index (χ2n) is 3.44. The summed E-state index contributed by atoms with van der Waals surface area (Å²) in [6, 6.07) is 5.61. The van der Waals surface area contributed by atoms with Crippen LogP contribution in [0.3, 0.4) is 0 Å². The molecule has 0 fully saturated rings. The second-order valence-corrected chi connectivity index (χ2v) is 3.75. The van der Waals surface area contributed by atoms with Crippen LogP contribution in [0.4, 0.5) is 0 Å². The number of hydrogen-bond acceptors (Lipinski definition) is 4. The highest BCUT2D eigenvalue weighted by Crippen LogP contribution is 2.23. The summed E-state index contributed by atoms with van der Waals surface area (Å²) in [6.45, 7) is 0.558. The molecule has 0 aliphatic carbocycles. The van der Waals surface area contributed by atoms with Crippen molar-refractivity contribution in [2.75, 3.05) is 26.5 Å². The SMILES string of the molecule is COc1ccc(OC)c(CCNC(=O)CS)c1. The number of carbonyl (C=O) groups excluding carboxylic acids is 1. The Labute approximate surface area is 107 Å². The molecule has 0 aliphatic rings. The van der Waals surface area contributed by atoms with Gasteiger partial charge in [0.15, 0.2) is 0 Å². The quantitative estimate of drug-likeness (QED) is 0.753. The Morgan fingerprint density at radius 3 is 2.71 bits per heavy atom. The first-order valence-electron chi connectivity index (χ1n) is 5.29. The van der Waals surface area contributed by atoms with Gasteiger partial charge in [-0.1, -0.05) is 0 Å². The van der Waals surface area contributed by atoms with Gasteiger partial charge in [-0.15, -0.1) is 0 Å². The van der Waals surface area contributed by atoms with Crippen molar-refractivity contribution in [3.05, 3.63) is 23.8 Å². The highest BCUT2D eigenvalue weighted by Gasteiger charge is 2.05. The Morgan fingerprint density at radius 2 is 2.12 bits per heavy atom. The first kappa shape index (κ1) is 13.7. The van der Waals surface area contributed by atoms with Crippen molar-refractivity contribution in [3.8, 4) is 11.5 Å².